The van der Waals surface area contributed by atoms with Crippen molar-refractivity contribution >= 4 is 15.7 Å². The zero-order chi connectivity index (χ0) is 13.9. The third-order valence-electron chi connectivity index (χ3n) is 3.51. The molecule has 0 radical (unpaired) electrons. The largest absolute Gasteiger partial charge is 0.381 e. The standard InChI is InChI=1S/C14H22N2O2S/c1-3-9-15-19(17,18)14-8-6-5-7-12(14)16-13-10-11(13)4-2/h5-8,11,13,15-16H,3-4,9-10H2,1-2H3. The molecule has 2 rings (SSSR count). The van der Waals surface area contributed by atoms with E-state index < -0.39 is 10.0 Å². The van der Waals surface area contributed by atoms with Crippen LogP contribution in [-0.2, 0) is 10.0 Å². The summed E-state index contributed by atoms with van der Waals surface area (Å²) >= 11 is 0. The Balaban J connectivity index is 2.16. The first kappa shape index (κ1) is 14.3. The van der Waals surface area contributed by atoms with Crippen molar-refractivity contribution in [3.63, 3.8) is 0 Å². The van der Waals surface area contributed by atoms with Crippen LogP contribution < -0.4 is 10.0 Å². The van der Waals surface area contributed by atoms with Crippen molar-refractivity contribution in [1.82, 2.24) is 4.72 Å². The molecule has 2 N–H and O–H groups in total. The molecule has 0 amide bonds. The Bertz CT molecular complexity index is 528. The van der Waals surface area contributed by atoms with Crippen LogP contribution in [0.25, 0.3) is 0 Å². The summed E-state index contributed by atoms with van der Waals surface area (Å²) in [5, 5.41) is 3.35. The van der Waals surface area contributed by atoms with E-state index in [2.05, 4.69) is 17.0 Å². The molecule has 1 aliphatic carbocycles. The van der Waals surface area contributed by atoms with Crippen LogP contribution in [0.15, 0.2) is 29.2 Å². The van der Waals surface area contributed by atoms with E-state index in [1.54, 1.807) is 12.1 Å². The maximum atomic E-state index is 12.2. The molecule has 4 nitrogen and oxygen atoms in total. The van der Waals surface area contributed by atoms with Gasteiger partial charge in [0.05, 0.1) is 5.69 Å². The number of anilines is 1. The highest BCUT2D eigenvalue weighted by Gasteiger charge is 2.36. The minimum absolute atomic E-state index is 0.352. The van der Waals surface area contributed by atoms with Gasteiger partial charge in [-0.15, -0.1) is 0 Å². The van der Waals surface area contributed by atoms with Crippen molar-refractivity contribution in [2.75, 3.05) is 11.9 Å². The van der Waals surface area contributed by atoms with Crippen LogP contribution in [0, 0.1) is 5.92 Å². The average Bonchev–Trinajstić information content (AvgIpc) is 3.15. The van der Waals surface area contributed by atoms with Gasteiger partial charge < -0.3 is 5.32 Å². The van der Waals surface area contributed by atoms with Crippen molar-refractivity contribution in [2.24, 2.45) is 5.92 Å². The molecule has 1 aromatic rings. The molecule has 106 valence electrons. The minimum atomic E-state index is -3.41. The third kappa shape index (κ3) is 3.48. The van der Waals surface area contributed by atoms with Crippen molar-refractivity contribution in [1.29, 1.82) is 0 Å². The SMILES string of the molecule is CCCNS(=O)(=O)c1ccccc1NC1CC1CC. The second-order valence-electron chi connectivity index (χ2n) is 5.05. The second kappa shape index (κ2) is 5.92. The zero-order valence-electron chi connectivity index (χ0n) is 11.5. The molecule has 0 bridgehead atoms. The third-order valence-corrected chi connectivity index (χ3v) is 5.03. The molecule has 2 unspecified atom stereocenters. The van der Waals surface area contributed by atoms with Crippen molar-refractivity contribution in [2.45, 2.75) is 44.0 Å². The molecule has 0 heterocycles. The summed E-state index contributed by atoms with van der Waals surface area (Å²) < 4.78 is 27.0. The van der Waals surface area contributed by atoms with Crippen LogP contribution in [0.1, 0.15) is 33.1 Å². The number of hydrogen-bond acceptors (Lipinski definition) is 3. The Labute approximate surface area is 115 Å². The second-order valence-corrected chi connectivity index (χ2v) is 6.78. The maximum Gasteiger partial charge on any atom is 0.242 e. The molecule has 0 saturated heterocycles. The van der Waals surface area contributed by atoms with Gasteiger partial charge >= 0.3 is 0 Å². The van der Waals surface area contributed by atoms with Crippen molar-refractivity contribution < 1.29 is 8.42 Å². The van der Waals surface area contributed by atoms with E-state index in [9.17, 15) is 8.42 Å². The van der Waals surface area contributed by atoms with Gasteiger partial charge in [0.2, 0.25) is 10.0 Å². The van der Waals surface area contributed by atoms with Gasteiger partial charge in [-0.1, -0.05) is 32.4 Å². The molecule has 1 aromatic carbocycles. The van der Waals surface area contributed by atoms with Gasteiger partial charge in [0.1, 0.15) is 4.90 Å². The lowest BCUT2D eigenvalue weighted by molar-refractivity contribution is 0.581. The first-order valence-electron chi connectivity index (χ1n) is 6.93. The van der Waals surface area contributed by atoms with Crippen molar-refractivity contribution in [3.8, 4) is 0 Å². The first-order valence-corrected chi connectivity index (χ1v) is 8.42. The van der Waals surface area contributed by atoms with E-state index in [-0.39, 0.29) is 0 Å². The number of rotatable bonds is 7. The average molecular weight is 282 g/mol. The molecule has 5 heteroatoms. The number of hydrogen-bond donors (Lipinski definition) is 2. The van der Waals surface area contributed by atoms with Crippen LogP contribution in [0.2, 0.25) is 0 Å². The molecule has 0 spiro atoms. The molecule has 2 atom stereocenters. The summed E-state index contributed by atoms with van der Waals surface area (Å²) in [7, 11) is -3.41. The molecule has 0 aromatic heterocycles. The molecular formula is C14H22N2O2S. The van der Waals surface area contributed by atoms with E-state index >= 15 is 0 Å². The molecular weight excluding hydrogens is 260 g/mol. The topological polar surface area (TPSA) is 58.2 Å². The molecule has 0 aliphatic heterocycles. The van der Waals surface area contributed by atoms with Gasteiger partial charge in [-0.25, -0.2) is 13.1 Å². The quantitative estimate of drug-likeness (QED) is 0.808. The summed E-state index contributed by atoms with van der Waals surface area (Å²) in [4.78, 5) is 0.352. The summed E-state index contributed by atoms with van der Waals surface area (Å²) in [5.74, 6) is 0.680. The van der Waals surface area contributed by atoms with Gasteiger partial charge in [0.15, 0.2) is 0 Å². The summed E-state index contributed by atoms with van der Waals surface area (Å²) in [5.41, 5.74) is 0.715. The molecule has 1 saturated carbocycles. The van der Waals surface area contributed by atoms with Gasteiger partial charge in [0, 0.05) is 12.6 Å². The number of benzene rings is 1. The Morgan fingerprint density at radius 3 is 2.63 bits per heavy atom. The maximum absolute atomic E-state index is 12.2. The van der Waals surface area contributed by atoms with E-state index in [4.69, 9.17) is 0 Å². The van der Waals surface area contributed by atoms with Gasteiger partial charge in [-0.05, 0) is 30.9 Å². The Morgan fingerprint density at radius 1 is 1.26 bits per heavy atom. The fourth-order valence-electron chi connectivity index (χ4n) is 2.21. The van der Waals surface area contributed by atoms with E-state index in [0.717, 1.165) is 19.3 Å². The lowest BCUT2D eigenvalue weighted by Crippen LogP contribution is -2.25. The Hall–Kier alpha value is -1.07. The minimum Gasteiger partial charge on any atom is -0.381 e. The Kier molecular flexibility index (Phi) is 4.47. The van der Waals surface area contributed by atoms with E-state index in [0.29, 0.717) is 29.1 Å². The molecule has 19 heavy (non-hydrogen) atoms. The predicted octanol–water partition coefficient (Wildman–Crippen LogP) is 2.59. The highest BCUT2D eigenvalue weighted by molar-refractivity contribution is 7.89. The fraction of sp³-hybridized carbons (Fsp3) is 0.571. The highest BCUT2D eigenvalue weighted by Crippen LogP contribution is 2.37. The van der Waals surface area contributed by atoms with E-state index in [1.165, 1.54) is 0 Å². The monoisotopic (exact) mass is 282 g/mol. The number of para-hydroxylation sites is 1. The van der Waals surface area contributed by atoms with Crippen LogP contribution in [0.3, 0.4) is 0 Å². The number of sulfonamides is 1. The van der Waals surface area contributed by atoms with Crippen molar-refractivity contribution in [3.05, 3.63) is 24.3 Å². The van der Waals surface area contributed by atoms with Crippen LogP contribution in [0.5, 0.6) is 0 Å². The van der Waals surface area contributed by atoms with Crippen LogP contribution in [-0.4, -0.2) is 21.0 Å². The lowest BCUT2D eigenvalue weighted by Gasteiger charge is -2.12. The zero-order valence-corrected chi connectivity index (χ0v) is 12.3. The molecule has 1 fully saturated rings. The molecule has 1 aliphatic rings. The Morgan fingerprint density at radius 2 is 2.00 bits per heavy atom. The highest BCUT2D eigenvalue weighted by atomic mass is 32.2. The number of nitrogens with one attached hydrogen (secondary N) is 2. The van der Waals surface area contributed by atoms with Crippen LogP contribution >= 0.6 is 0 Å². The lowest BCUT2D eigenvalue weighted by atomic mass is 10.3. The summed E-state index contributed by atoms with van der Waals surface area (Å²) in [6, 6.07) is 7.54. The normalized spacial score (nSPS) is 22.2. The fourth-order valence-corrected chi connectivity index (χ4v) is 3.51. The predicted molar refractivity (Wildman–Crippen MR) is 77.7 cm³/mol. The van der Waals surface area contributed by atoms with Gasteiger partial charge in [-0.3, -0.25) is 0 Å². The summed E-state index contributed by atoms with van der Waals surface area (Å²) in [6.45, 7) is 4.58. The van der Waals surface area contributed by atoms with Gasteiger partial charge in [0.25, 0.3) is 0 Å². The van der Waals surface area contributed by atoms with E-state index in [1.807, 2.05) is 19.1 Å². The summed E-state index contributed by atoms with van der Waals surface area (Å²) in [6.07, 6.45) is 3.06. The smallest absolute Gasteiger partial charge is 0.242 e. The van der Waals surface area contributed by atoms with Crippen LogP contribution in [0.4, 0.5) is 5.69 Å². The van der Waals surface area contributed by atoms with Gasteiger partial charge in [-0.2, -0.15) is 0 Å². The first-order chi connectivity index (χ1) is 9.08.